The number of hydrazone groups is 1. The van der Waals surface area contributed by atoms with Crippen LogP contribution >= 0.6 is 0 Å². The molecule has 0 saturated heterocycles. The van der Waals surface area contributed by atoms with E-state index in [0.29, 0.717) is 0 Å². The fourth-order valence-electron chi connectivity index (χ4n) is 0.749. The van der Waals surface area contributed by atoms with Crippen molar-refractivity contribution in [3.8, 4) is 0 Å². The van der Waals surface area contributed by atoms with Gasteiger partial charge in [-0.15, -0.1) is 0 Å². The summed E-state index contributed by atoms with van der Waals surface area (Å²) in [5, 5.41) is 22.3. The van der Waals surface area contributed by atoms with Crippen molar-refractivity contribution >= 4 is 52.7 Å². The van der Waals surface area contributed by atoms with Crippen molar-refractivity contribution in [2.45, 2.75) is 6.92 Å². The van der Waals surface area contributed by atoms with Gasteiger partial charge in [-0.05, 0) is 13.0 Å². The molecule has 0 bridgehead atoms. The van der Waals surface area contributed by atoms with Gasteiger partial charge in [0, 0.05) is 35.6 Å². The summed E-state index contributed by atoms with van der Waals surface area (Å²) in [6, 6.07) is 2.57. The van der Waals surface area contributed by atoms with Gasteiger partial charge in [0.2, 0.25) is 0 Å². The zero-order valence-corrected chi connectivity index (χ0v) is 11.2. The van der Waals surface area contributed by atoms with Crippen molar-refractivity contribution in [2.24, 2.45) is 5.10 Å². The number of nitro groups is 1. The Morgan fingerprint density at radius 3 is 2.65 bits per heavy atom. The zero-order valence-electron chi connectivity index (χ0n) is 9.25. The number of aliphatic carboxylic acids is 1. The molecule has 0 amide bonds. The molecule has 0 spiro atoms. The predicted molar refractivity (Wildman–Crippen MR) is 61.0 cm³/mol. The van der Waals surface area contributed by atoms with Crippen molar-refractivity contribution in [3.63, 3.8) is 0 Å². The molecule has 0 aliphatic rings. The van der Waals surface area contributed by atoms with E-state index in [1.807, 2.05) is 0 Å². The molecule has 1 radical (unpaired) electrons. The summed E-state index contributed by atoms with van der Waals surface area (Å²) in [7, 11) is 0. The molecule has 1 aromatic rings. The van der Waals surface area contributed by atoms with Crippen LogP contribution in [0.5, 0.6) is 0 Å². The molecular formula is C8H8N4NaO4. The molecule has 85 valence electrons. The predicted octanol–water partition coefficient (Wildman–Crippen LogP) is 0.481. The summed E-state index contributed by atoms with van der Waals surface area (Å²) >= 11 is 0. The molecule has 8 nitrogen and oxygen atoms in total. The van der Waals surface area contributed by atoms with Crippen LogP contribution in [-0.2, 0) is 4.79 Å². The number of anilines is 1. The van der Waals surface area contributed by atoms with Crippen LogP contribution < -0.4 is 5.43 Å². The molecule has 0 fully saturated rings. The van der Waals surface area contributed by atoms with E-state index in [1.54, 1.807) is 0 Å². The number of hydrogen-bond acceptors (Lipinski definition) is 6. The maximum atomic E-state index is 10.4. The van der Waals surface area contributed by atoms with Crippen LogP contribution in [0, 0.1) is 10.1 Å². The number of pyridine rings is 1. The van der Waals surface area contributed by atoms with E-state index in [1.165, 1.54) is 19.1 Å². The molecule has 0 saturated carbocycles. The normalized spacial score (nSPS) is 10.3. The third-order valence-corrected chi connectivity index (χ3v) is 1.61. The van der Waals surface area contributed by atoms with E-state index < -0.39 is 10.9 Å². The zero-order chi connectivity index (χ0) is 12.1. The van der Waals surface area contributed by atoms with Gasteiger partial charge in [0.15, 0.2) is 0 Å². The van der Waals surface area contributed by atoms with E-state index in [0.717, 1.165) is 6.20 Å². The SMILES string of the molecule is CC(=NNc1ccc([N+](=O)[O-])cn1)C(=O)O.[Na]. The Balaban J connectivity index is 0.00000256. The summed E-state index contributed by atoms with van der Waals surface area (Å²) in [5.41, 5.74) is 2.08. The molecule has 0 atom stereocenters. The smallest absolute Gasteiger partial charge is 0.351 e. The van der Waals surface area contributed by atoms with Gasteiger partial charge in [-0.2, -0.15) is 5.10 Å². The second-order valence-electron chi connectivity index (χ2n) is 2.77. The minimum atomic E-state index is -1.16. The molecule has 17 heavy (non-hydrogen) atoms. The number of carbonyl (C=O) groups is 1. The number of rotatable bonds is 4. The molecule has 2 N–H and O–H groups in total. The van der Waals surface area contributed by atoms with Gasteiger partial charge >= 0.3 is 5.97 Å². The van der Waals surface area contributed by atoms with Gasteiger partial charge in [0.05, 0.1) is 4.92 Å². The van der Waals surface area contributed by atoms with E-state index in [4.69, 9.17) is 5.11 Å². The molecule has 1 heterocycles. The Labute approximate surface area is 118 Å². The number of nitrogens with zero attached hydrogens (tertiary/aromatic N) is 3. The minimum absolute atomic E-state index is 0. The monoisotopic (exact) mass is 247 g/mol. The van der Waals surface area contributed by atoms with Crippen LogP contribution in [0.25, 0.3) is 0 Å². The standard InChI is InChI=1S/C8H8N4O4.Na/c1-5(8(13)14)10-11-7-3-2-6(4-9-7)12(15)16;/h2-4H,1H3,(H,9,11)(H,13,14);. The van der Waals surface area contributed by atoms with E-state index in [2.05, 4.69) is 15.5 Å². The maximum Gasteiger partial charge on any atom is 0.351 e. The summed E-state index contributed by atoms with van der Waals surface area (Å²) in [5.74, 6) is -0.930. The van der Waals surface area contributed by atoms with Gasteiger partial charge in [-0.3, -0.25) is 15.5 Å². The average molecular weight is 247 g/mol. The first-order valence-corrected chi connectivity index (χ1v) is 4.14. The fourth-order valence-corrected chi connectivity index (χ4v) is 0.749. The summed E-state index contributed by atoms with van der Waals surface area (Å²) in [6.07, 6.45) is 1.05. The first kappa shape index (κ1) is 15.5. The molecule has 0 unspecified atom stereocenters. The fraction of sp³-hybridized carbons (Fsp3) is 0.125. The summed E-state index contributed by atoms with van der Waals surface area (Å²) in [4.78, 5) is 23.8. The first-order chi connectivity index (χ1) is 7.50. The Morgan fingerprint density at radius 2 is 2.24 bits per heavy atom. The van der Waals surface area contributed by atoms with Gasteiger partial charge in [0.25, 0.3) is 5.69 Å². The van der Waals surface area contributed by atoms with Crippen molar-refractivity contribution in [1.82, 2.24) is 4.98 Å². The molecule has 0 aromatic carbocycles. The first-order valence-electron chi connectivity index (χ1n) is 4.14. The van der Waals surface area contributed by atoms with Crippen molar-refractivity contribution in [3.05, 3.63) is 28.4 Å². The molecule has 1 aromatic heterocycles. The third-order valence-electron chi connectivity index (χ3n) is 1.61. The molecule has 0 aliphatic carbocycles. The van der Waals surface area contributed by atoms with Gasteiger partial charge < -0.3 is 5.11 Å². The Bertz CT molecular complexity index is 445. The van der Waals surface area contributed by atoms with Crippen LogP contribution in [0.2, 0.25) is 0 Å². The number of nitrogens with one attached hydrogen (secondary N) is 1. The number of hydrogen-bond donors (Lipinski definition) is 2. The molecular weight excluding hydrogens is 239 g/mol. The second kappa shape index (κ2) is 6.94. The van der Waals surface area contributed by atoms with Crippen LogP contribution in [0.4, 0.5) is 11.5 Å². The Kier molecular flexibility index (Phi) is 6.33. The van der Waals surface area contributed by atoms with Crippen LogP contribution in [0.3, 0.4) is 0 Å². The topological polar surface area (TPSA) is 118 Å². The molecule has 9 heteroatoms. The minimum Gasteiger partial charge on any atom is -0.477 e. The Morgan fingerprint density at radius 1 is 1.59 bits per heavy atom. The van der Waals surface area contributed by atoms with Crippen LogP contribution in [0.15, 0.2) is 23.4 Å². The summed E-state index contributed by atoms with van der Waals surface area (Å²) in [6.45, 7) is 1.31. The number of carboxylic acid groups (broad SMARTS) is 1. The third kappa shape index (κ3) is 4.89. The Hall–Kier alpha value is -1.51. The van der Waals surface area contributed by atoms with Gasteiger partial charge in [-0.25, -0.2) is 9.78 Å². The van der Waals surface area contributed by atoms with Crippen LogP contribution in [0.1, 0.15) is 6.92 Å². The van der Waals surface area contributed by atoms with Crippen LogP contribution in [-0.4, -0.2) is 56.3 Å². The van der Waals surface area contributed by atoms with Gasteiger partial charge in [0.1, 0.15) is 17.7 Å². The van der Waals surface area contributed by atoms with E-state index >= 15 is 0 Å². The number of aromatic nitrogens is 1. The number of carboxylic acids is 1. The average Bonchev–Trinajstić information content (AvgIpc) is 2.26. The van der Waals surface area contributed by atoms with E-state index in [9.17, 15) is 14.9 Å². The molecule has 1 rings (SSSR count). The van der Waals surface area contributed by atoms with Crippen molar-refractivity contribution < 1.29 is 14.8 Å². The quantitative estimate of drug-likeness (QED) is 0.346. The van der Waals surface area contributed by atoms with Gasteiger partial charge in [-0.1, -0.05) is 0 Å². The maximum absolute atomic E-state index is 10.4. The largest absolute Gasteiger partial charge is 0.477 e. The second-order valence-corrected chi connectivity index (χ2v) is 2.77. The molecule has 0 aliphatic heterocycles. The van der Waals surface area contributed by atoms with E-state index in [-0.39, 0.29) is 46.8 Å². The summed E-state index contributed by atoms with van der Waals surface area (Å²) < 4.78 is 0. The van der Waals surface area contributed by atoms with Crippen molar-refractivity contribution in [1.29, 1.82) is 0 Å². The van der Waals surface area contributed by atoms with Crippen molar-refractivity contribution in [2.75, 3.05) is 5.43 Å².